The van der Waals surface area contributed by atoms with Gasteiger partial charge < -0.3 is 0 Å². The quantitative estimate of drug-likeness (QED) is 0.707. The van der Waals surface area contributed by atoms with Gasteiger partial charge in [0.1, 0.15) is 0 Å². The first-order chi connectivity index (χ1) is 5.88. The van der Waals surface area contributed by atoms with Gasteiger partial charge in [0.2, 0.25) is 0 Å². The molecule has 0 aliphatic heterocycles. The van der Waals surface area contributed by atoms with Crippen LogP contribution in [0.1, 0.15) is 0 Å². The van der Waals surface area contributed by atoms with Crippen LogP contribution in [0.3, 0.4) is 0 Å². The van der Waals surface area contributed by atoms with E-state index in [1.54, 1.807) is 7.55 Å². The number of hydrogen-bond acceptors (Lipinski definition) is 2. The molecule has 0 fully saturated rings. The van der Waals surface area contributed by atoms with Crippen LogP contribution in [0.2, 0.25) is 0 Å². The summed E-state index contributed by atoms with van der Waals surface area (Å²) in [5, 5.41) is 4.32. The molecule has 0 atom stereocenters. The second-order valence-electron chi connectivity index (χ2n) is 2.28. The molecule has 2 aromatic heterocycles. The molecule has 2 rings (SSSR count). The van der Waals surface area contributed by atoms with Gasteiger partial charge >= 0.3 is 90.4 Å². The fraction of sp³-hybridized carbons (Fsp3) is 0. The van der Waals surface area contributed by atoms with Crippen LogP contribution >= 0.6 is 22.7 Å². The Balaban J connectivity index is 2.34. The van der Waals surface area contributed by atoms with Crippen molar-refractivity contribution >= 4 is 55.4 Å². The van der Waals surface area contributed by atoms with E-state index in [1.807, 2.05) is 22.7 Å². The van der Waals surface area contributed by atoms with Crippen molar-refractivity contribution in [1.29, 1.82) is 0 Å². The molecule has 0 spiro atoms. The van der Waals surface area contributed by atoms with Gasteiger partial charge in [-0.1, -0.05) is 0 Å². The van der Waals surface area contributed by atoms with E-state index < -0.39 is 11.5 Å². The summed E-state index contributed by atoms with van der Waals surface area (Å²) < 4.78 is 3.13. The molecular weight excluding hydrogens is 318 g/mol. The Labute approximate surface area is 89.8 Å². The Morgan fingerprint density at radius 2 is 1.50 bits per heavy atom. The van der Waals surface area contributed by atoms with E-state index >= 15 is 0 Å². The SMILES string of the molecule is [Se]=[SeH2](c1cccs1)c1cccs1. The summed E-state index contributed by atoms with van der Waals surface area (Å²) in [7, 11) is 0. The zero-order valence-electron chi connectivity index (χ0n) is 6.19. The van der Waals surface area contributed by atoms with Crippen LogP contribution in [0.15, 0.2) is 35.0 Å². The third kappa shape index (κ3) is 1.85. The monoisotopic (exact) mass is 328 g/mol. The first-order valence-electron chi connectivity index (χ1n) is 3.49. The number of hydrogen-bond donors (Lipinski definition) is 0. The summed E-state index contributed by atoms with van der Waals surface area (Å²) in [4.78, 5) is 0. The summed E-state index contributed by atoms with van der Waals surface area (Å²) in [6.07, 6.45) is 0. The predicted molar refractivity (Wildman–Crippen MR) is 62.2 cm³/mol. The van der Waals surface area contributed by atoms with Crippen molar-refractivity contribution in [3.63, 3.8) is 0 Å². The Morgan fingerprint density at radius 1 is 1.00 bits per heavy atom. The van der Waals surface area contributed by atoms with Crippen molar-refractivity contribution in [2.24, 2.45) is 0 Å². The van der Waals surface area contributed by atoms with Crippen molar-refractivity contribution in [1.82, 2.24) is 0 Å². The van der Waals surface area contributed by atoms with Crippen LogP contribution in [-0.4, -0.2) is 25.2 Å². The number of thiophene rings is 2. The van der Waals surface area contributed by atoms with Crippen LogP contribution in [0, 0.1) is 0 Å². The van der Waals surface area contributed by atoms with Gasteiger partial charge in [-0.05, 0) is 0 Å². The van der Waals surface area contributed by atoms with Gasteiger partial charge in [0, 0.05) is 0 Å². The van der Waals surface area contributed by atoms with E-state index in [0.717, 1.165) is 0 Å². The first kappa shape index (κ1) is 9.01. The van der Waals surface area contributed by atoms with Gasteiger partial charge in [-0.3, -0.25) is 0 Å². The van der Waals surface area contributed by atoms with E-state index in [1.165, 1.54) is 0 Å². The van der Waals surface area contributed by atoms with Gasteiger partial charge in [0.05, 0.1) is 0 Å². The Kier molecular flexibility index (Phi) is 3.08. The van der Waals surface area contributed by atoms with E-state index in [4.69, 9.17) is 0 Å². The molecule has 0 nitrogen and oxygen atoms in total. The molecule has 0 aromatic carbocycles. The maximum absolute atomic E-state index is 3.37. The third-order valence-corrected chi connectivity index (χ3v) is 16.9. The standard InChI is InChI=1S/C8H8S2Se2/c11-12(7-3-1-5-9-7)8-4-2-6-10-8/h1-6H,12H2. The van der Waals surface area contributed by atoms with Crippen LogP contribution < -0.4 is 7.55 Å². The van der Waals surface area contributed by atoms with Crippen molar-refractivity contribution in [3.05, 3.63) is 35.0 Å². The van der Waals surface area contributed by atoms with E-state index in [-0.39, 0.29) is 0 Å². The van der Waals surface area contributed by atoms with Crippen LogP contribution in [0.4, 0.5) is 0 Å². The summed E-state index contributed by atoms with van der Waals surface area (Å²) in [5.74, 6) is 0. The van der Waals surface area contributed by atoms with Crippen molar-refractivity contribution < 1.29 is 0 Å². The Morgan fingerprint density at radius 3 is 1.83 bits per heavy atom. The van der Waals surface area contributed by atoms with Crippen LogP contribution in [0.25, 0.3) is 0 Å². The Hall–Kier alpha value is 0.439. The number of rotatable bonds is 2. The third-order valence-electron chi connectivity index (χ3n) is 1.49. The van der Waals surface area contributed by atoms with Gasteiger partial charge in [-0.25, -0.2) is 0 Å². The van der Waals surface area contributed by atoms with E-state index in [9.17, 15) is 0 Å². The van der Waals surface area contributed by atoms with Gasteiger partial charge in [-0.2, -0.15) is 0 Å². The molecule has 0 amide bonds. The Bertz CT molecular complexity index is 325. The fourth-order valence-electron chi connectivity index (χ4n) is 0.937. The average molecular weight is 326 g/mol. The molecular formula is C8H8S2Se2. The zero-order chi connectivity index (χ0) is 8.39. The topological polar surface area (TPSA) is 0 Å². The maximum atomic E-state index is 3.37. The first-order valence-corrected chi connectivity index (χ1v) is 12.7. The van der Waals surface area contributed by atoms with E-state index in [0.29, 0.717) is 0 Å². The summed E-state index contributed by atoms with van der Waals surface area (Å²) in [6, 6.07) is 8.77. The molecule has 4 heteroatoms. The zero-order valence-corrected chi connectivity index (χ0v) is 11.6. The molecule has 0 radical (unpaired) electrons. The molecule has 0 saturated heterocycles. The van der Waals surface area contributed by atoms with Gasteiger partial charge in [-0.15, -0.1) is 0 Å². The molecule has 0 N–H and O–H groups in total. The fourth-order valence-corrected chi connectivity index (χ4v) is 11.9. The molecule has 0 aliphatic rings. The molecule has 0 unspecified atom stereocenters. The van der Waals surface area contributed by atoms with Gasteiger partial charge in [0.25, 0.3) is 0 Å². The normalized spacial score (nSPS) is 11.5. The molecule has 0 bridgehead atoms. The molecule has 64 valence electrons. The van der Waals surface area contributed by atoms with E-state index in [2.05, 4.69) is 48.7 Å². The minimum atomic E-state index is -1.18. The summed E-state index contributed by atoms with van der Waals surface area (Å²) in [5.41, 5.74) is 0. The predicted octanol–water partition coefficient (Wildman–Crippen LogP) is 0.548. The summed E-state index contributed by atoms with van der Waals surface area (Å²) in [6.45, 7) is 0. The van der Waals surface area contributed by atoms with Crippen molar-refractivity contribution in [3.8, 4) is 0 Å². The molecule has 12 heavy (non-hydrogen) atoms. The molecule has 2 aromatic rings. The molecule has 2 heterocycles. The average Bonchev–Trinajstić information content (AvgIpc) is 2.77. The van der Waals surface area contributed by atoms with Crippen LogP contribution in [0.5, 0.6) is 0 Å². The second kappa shape index (κ2) is 4.10. The van der Waals surface area contributed by atoms with Crippen LogP contribution in [-0.2, 0) is 0 Å². The summed E-state index contributed by atoms with van der Waals surface area (Å²) >= 11 is 5.95. The van der Waals surface area contributed by atoms with Gasteiger partial charge in [0.15, 0.2) is 0 Å². The van der Waals surface area contributed by atoms with Crippen molar-refractivity contribution in [2.75, 3.05) is 0 Å². The minimum absolute atomic E-state index is 1.18. The van der Waals surface area contributed by atoms with Crippen molar-refractivity contribution in [2.45, 2.75) is 0 Å². The molecule has 0 saturated carbocycles. The molecule has 0 aliphatic carbocycles. The second-order valence-corrected chi connectivity index (χ2v) is 13.8.